The van der Waals surface area contributed by atoms with Crippen LogP contribution < -0.4 is 10.6 Å². The van der Waals surface area contributed by atoms with Gasteiger partial charge in [0.05, 0.1) is 6.42 Å². The van der Waals surface area contributed by atoms with Crippen LogP contribution in [-0.2, 0) is 22.6 Å². The molecule has 1 saturated carbocycles. The summed E-state index contributed by atoms with van der Waals surface area (Å²) in [6, 6.07) is 15.0. The molecule has 1 aliphatic rings. The standard InChI is InChI=1S/C20H19N3O3/c24-19(11-17-16-3-1-2-4-18(16)26-23-17)21-12-13-5-9-15(10-6-13)22-20(25)14-7-8-14/h1-6,9-10,14H,7-8,11-12H2,(H,21,24)(H,22,25). The molecule has 26 heavy (non-hydrogen) atoms. The van der Waals surface area contributed by atoms with Gasteiger partial charge in [0.15, 0.2) is 5.58 Å². The smallest absolute Gasteiger partial charge is 0.227 e. The Hall–Kier alpha value is -3.15. The quantitative estimate of drug-likeness (QED) is 0.716. The van der Waals surface area contributed by atoms with Crippen LogP contribution >= 0.6 is 0 Å². The van der Waals surface area contributed by atoms with Crippen molar-refractivity contribution in [3.63, 3.8) is 0 Å². The molecular formula is C20H19N3O3. The molecule has 4 rings (SSSR count). The van der Waals surface area contributed by atoms with E-state index >= 15 is 0 Å². The normalized spacial score (nSPS) is 13.5. The van der Waals surface area contributed by atoms with Crippen LogP contribution in [0.1, 0.15) is 24.1 Å². The average Bonchev–Trinajstić information content (AvgIpc) is 3.44. The van der Waals surface area contributed by atoms with Crippen LogP contribution in [-0.4, -0.2) is 17.0 Å². The van der Waals surface area contributed by atoms with Gasteiger partial charge in [-0.2, -0.15) is 0 Å². The van der Waals surface area contributed by atoms with Gasteiger partial charge in [-0.15, -0.1) is 0 Å². The predicted octanol–water partition coefficient (Wildman–Crippen LogP) is 3.04. The molecule has 1 fully saturated rings. The molecule has 132 valence electrons. The number of carbonyl (C=O) groups is 2. The number of anilines is 1. The molecule has 2 N–H and O–H groups in total. The van der Waals surface area contributed by atoms with Crippen molar-refractivity contribution in [2.45, 2.75) is 25.8 Å². The summed E-state index contributed by atoms with van der Waals surface area (Å²) in [5.74, 6) is 0.155. The van der Waals surface area contributed by atoms with Gasteiger partial charge in [0, 0.05) is 23.5 Å². The van der Waals surface area contributed by atoms with Gasteiger partial charge in [-0.05, 0) is 42.7 Å². The lowest BCUT2D eigenvalue weighted by molar-refractivity contribution is -0.120. The van der Waals surface area contributed by atoms with E-state index in [4.69, 9.17) is 4.52 Å². The number of hydrogen-bond donors (Lipinski definition) is 2. The second-order valence-electron chi connectivity index (χ2n) is 6.54. The molecule has 6 nitrogen and oxygen atoms in total. The van der Waals surface area contributed by atoms with Gasteiger partial charge >= 0.3 is 0 Å². The number of aromatic nitrogens is 1. The van der Waals surface area contributed by atoms with Crippen LogP contribution in [0.5, 0.6) is 0 Å². The first-order valence-electron chi connectivity index (χ1n) is 8.69. The third-order valence-electron chi connectivity index (χ3n) is 4.44. The van der Waals surface area contributed by atoms with Gasteiger partial charge in [-0.1, -0.05) is 29.4 Å². The Kier molecular flexibility index (Phi) is 4.39. The van der Waals surface area contributed by atoms with Crippen LogP contribution in [0.25, 0.3) is 11.0 Å². The maximum Gasteiger partial charge on any atom is 0.227 e. The van der Waals surface area contributed by atoms with Crippen LogP contribution in [0.15, 0.2) is 53.1 Å². The first-order valence-corrected chi connectivity index (χ1v) is 8.69. The molecule has 0 saturated heterocycles. The summed E-state index contributed by atoms with van der Waals surface area (Å²) in [6.07, 6.45) is 2.14. The zero-order valence-electron chi connectivity index (χ0n) is 14.2. The van der Waals surface area contributed by atoms with Crippen molar-refractivity contribution in [3.8, 4) is 0 Å². The molecule has 0 unspecified atom stereocenters. The zero-order valence-corrected chi connectivity index (χ0v) is 14.2. The maximum atomic E-state index is 12.2. The van der Waals surface area contributed by atoms with Crippen LogP contribution in [0.2, 0.25) is 0 Å². The van der Waals surface area contributed by atoms with Crippen molar-refractivity contribution in [2.24, 2.45) is 5.92 Å². The summed E-state index contributed by atoms with van der Waals surface area (Å²) in [5.41, 5.74) is 3.06. The number of fused-ring (bicyclic) bond motifs is 1. The van der Waals surface area contributed by atoms with Crippen LogP contribution in [0.3, 0.4) is 0 Å². The molecule has 0 atom stereocenters. The molecule has 3 aromatic rings. The van der Waals surface area contributed by atoms with E-state index in [9.17, 15) is 9.59 Å². The fourth-order valence-electron chi connectivity index (χ4n) is 2.78. The SMILES string of the molecule is O=C(Cc1noc2ccccc12)NCc1ccc(NC(=O)C2CC2)cc1. The van der Waals surface area contributed by atoms with E-state index in [1.54, 1.807) is 0 Å². The molecule has 0 radical (unpaired) electrons. The number of nitrogens with zero attached hydrogens (tertiary/aromatic N) is 1. The van der Waals surface area contributed by atoms with E-state index in [-0.39, 0.29) is 24.2 Å². The molecule has 0 spiro atoms. The van der Waals surface area contributed by atoms with E-state index in [1.807, 2.05) is 48.5 Å². The topological polar surface area (TPSA) is 84.2 Å². The number of carbonyl (C=O) groups excluding carboxylic acids is 2. The Morgan fingerprint density at radius 2 is 1.85 bits per heavy atom. The summed E-state index contributed by atoms with van der Waals surface area (Å²) >= 11 is 0. The number of amides is 2. The summed E-state index contributed by atoms with van der Waals surface area (Å²) < 4.78 is 5.21. The second kappa shape index (κ2) is 7.00. The summed E-state index contributed by atoms with van der Waals surface area (Å²) in [4.78, 5) is 23.9. The lowest BCUT2D eigenvalue weighted by Gasteiger charge is -2.07. The van der Waals surface area contributed by atoms with Crippen LogP contribution in [0.4, 0.5) is 5.69 Å². The fraction of sp³-hybridized carbons (Fsp3) is 0.250. The number of nitrogens with one attached hydrogen (secondary N) is 2. The van der Waals surface area contributed by atoms with E-state index in [2.05, 4.69) is 15.8 Å². The average molecular weight is 349 g/mol. The van der Waals surface area contributed by atoms with Crippen molar-refractivity contribution in [3.05, 3.63) is 59.8 Å². The predicted molar refractivity (Wildman–Crippen MR) is 97.4 cm³/mol. The largest absolute Gasteiger partial charge is 0.356 e. The van der Waals surface area contributed by atoms with Crippen molar-refractivity contribution in [1.82, 2.24) is 10.5 Å². The monoisotopic (exact) mass is 349 g/mol. The molecule has 1 heterocycles. The highest BCUT2D eigenvalue weighted by molar-refractivity contribution is 5.94. The van der Waals surface area contributed by atoms with E-state index in [0.29, 0.717) is 17.8 Å². The number of benzene rings is 2. The number of rotatable bonds is 6. The van der Waals surface area contributed by atoms with Crippen molar-refractivity contribution >= 4 is 28.5 Å². The Morgan fingerprint density at radius 1 is 1.08 bits per heavy atom. The third-order valence-corrected chi connectivity index (χ3v) is 4.44. The maximum absolute atomic E-state index is 12.2. The van der Waals surface area contributed by atoms with E-state index in [0.717, 1.165) is 29.5 Å². The van der Waals surface area contributed by atoms with E-state index in [1.165, 1.54) is 0 Å². The Morgan fingerprint density at radius 3 is 2.62 bits per heavy atom. The molecule has 6 heteroatoms. The highest BCUT2D eigenvalue weighted by Crippen LogP contribution is 2.30. The molecule has 1 aromatic heterocycles. The minimum Gasteiger partial charge on any atom is -0.356 e. The van der Waals surface area contributed by atoms with Gasteiger partial charge in [-0.25, -0.2) is 0 Å². The molecule has 2 amide bonds. The molecule has 2 aromatic carbocycles. The fourth-order valence-corrected chi connectivity index (χ4v) is 2.78. The Labute approximate surface area is 150 Å². The highest BCUT2D eigenvalue weighted by atomic mass is 16.5. The third kappa shape index (κ3) is 3.74. The van der Waals surface area contributed by atoms with Gasteiger partial charge in [0.2, 0.25) is 11.8 Å². The van der Waals surface area contributed by atoms with Crippen molar-refractivity contribution < 1.29 is 14.1 Å². The Bertz CT molecular complexity index is 942. The minimum absolute atomic E-state index is 0.0888. The van der Waals surface area contributed by atoms with Gasteiger partial charge in [0.25, 0.3) is 0 Å². The van der Waals surface area contributed by atoms with E-state index < -0.39 is 0 Å². The summed E-state index contributed by atoms with van der Waals surface area (Å²) in [5, 5.41) is 10.6. The molecule has 0 aliphatic heterocycles. The first kappa shape index (κ1) is 16.3. The lowest BCUT2D eigenvalue weighted by Crippen LogP contribution is -2.24. The van der Waals surface area contributed by atoms with Gasteiger partial charge in [0.1, 0.15) is 5.69 Å². The number of hydrogen-bond acceptors (Lipinski definition) is 4. The first-order chi connectivity index (χ1) is 12.7. The van der Waals surface area contributed by atoms with Crippen LogP contribution in [0, 0.1) is 5.92 Å². The second-order valence-corrected chi connectivity index (χ2v) is 6.54. The summed E-state index contributed by atoms with van der Waals surface area (Å²) in [6.45, 7) is 0.422. The zero-order chi connectivity index (χ0) is 17.9. The Balaban J connectivity index is 1.30. The molecule has 1 aliphatic carbocycles. The van der Waals surface area contributed by atoms with Gasteiger partial charge < -0.3 is 15.2 Å². The van der Waals surface area contributed by atoms with Gasteiger partial charge in [-0.3, -0.25) is 9.59 Å². The lowest BCUT2D eigenvalue weighted by atomic mass is 10.1. The highest BCUT2D eigenvalue weighted by Gasteiger charge is 2.29. The minimum atomic E-state index is -0.116. The molecular weight excluding hydrogens is 330 g/mol. The van der Waals surface area contributed by atoms with Crippen molar-refractivity contribution in [2.75, 3.05) is 5.32 Å². The number of para-hydroxylation sites is 1. The molecule has 0 bridgehead atoms. The van der Waals surface area contributed by atoms with Crippen molar-refractivity contribution in [1.29, 1.82) is 0 Å². The summed E-state index contributed by atoms with van der Waals surface area (Å²) in [7, 11) is 0.